The number of hydrogen-bond donors (Lipinski definition) is 1. The van der Waals surface area contributed by atoms with Crippen LogP contribution in [-0.4, -0.2) is 17.7 Å². The van der Waals surface area contributed by atoms with Gasteiger partial charge in [-0.15, -0.1) is 0 Å². The Balaban J connectivity index is 1.86. The molecule has 1 heterocycles. The topological polar surface area (TPSA) is 84.3 Å². The SMILES string of the molecule is C=C(/N=C\C(=C/CCCC)CCN)c1ccc(C#N)cc1Oc1cc(C)nc(C2CC2)c1. The molecule has 0 atom stereocenters. The van der Waals surface area contributed by atoms with E-state index in [1.165, 1.54) is 12.8 Å². The van der Waals surface area contributed by atoms with Gasteiger partial charge in [0.05, 0.1) is 17.3 Å². The van der Waals surface area contributed by atoms with Crippen molar-refractivity contribution in [2.75, 3.05) is 6.54 Å². The number of allylic oxidation sites excluding steroid dienone is 1. The van der Waals surface area contributed by atoms with Gasteiger partial charge in [-0.1, -0.05) is 32.4 Å². The van der Waals surface area contributed by atoms with Crippen molar-refractivity contribution in [1.82, 2.24) is 4.98 Å². The summed E-state index contributed by atoms with van der Waals surface area (Å²) in [6, 6.07) is 11.4. The third kappa shape index (κ3) is 6.63. The second kappa shape index (κ2) is 11.4. The molecule has 3 rings (SSSR count). The fraction of sp³-hybridized carbons (Fsp3) is 0.370. The average molecular weight is 429 g/mol. The van der Waals surface area contributed by atoms with Crippen molar-refractivity contribution in [2.45, 2.75) is 58.3 Å². The molecule has 1 aliphatic rings. The molecule has 5 heteroatoms. The minimum absolute atomic E-state index is 0.525. The van der Waals surface area contributed by atoms with E-state index in [-0.39, 0.29) is 0 Å². The summed E-state index contributed by atoms with van der Waals surface area (Å²) in [5.41, 5.74) is 10.7. The highest BCUT2D eigenvalue weighted by Crippen LogP contribution is 2.41. The molecular weight excluding hydrogens is 396 g/mol. The predicted molar refractivity (Wildman–Crippen MR) is 131 cm³/mol. The zero-order chi connectivity index (χ0) is 22.9. The van der Waals surface area contributed by atoms with Crippen LogP contribution in [-0.2, 0) is 0 Å². The Morgan fingerprint density at radius 2 is 2.16 bits per heavy atom. The van der Waals surface area contributed by atoms with E-state index in [1.54, 1.807) is 12.1 Å². The van der Waals surface area contributed by atoms with Crippen LogP contribution in [0.5, 0.6) is 11.5 Å². The van der Waals surface area contributed by atoms with Crippen molar-refractivity contribution >= 4 is 11.9 Å². The fourth-order valence-corrected chi connectivity index (χ4v) is 3.46. The number of hydrogen-bond acceptors (Lipinski definition) is 5. The van der Waals surface area contributed by atoms with Gasteiger partial charge in [0.2, 0.25) is 0 Å². The number of rotatable bonds is 11. The van der Waals surface area contributed by atoms with E-state index in [2.05, 4.69) is 35.6 Å². The Hall–Kier alpha value is -3.23. The summed E-state index contributed by atoms with van der Waals surface area (Å²) in [6.45, 7) is 8.88. The van der Waals surface area contributed by atoms with Crippen molar-refractivity contribution in [3.63, 3.8) is 0 Å². The van der Waals surface area contributed by atoms with Crippen LogP contribution >= 0.6 is 0 Å². The molecule has 0 aliphatic heterocycles. The Kier molecular flexibility index (Phi) is 8.35. The van der Waals surface area contributed by atoms with Crippen molar-refractivity contribution < 1.29 is 4.74 Å². The van der Waals surface area contributed by atoms with Crippen LogP contribution in [0.3, 0.4) is 0 Å². The highest BCUT2D eigenvalue weighted by atomic mass is 16.5. The van der Waals surface area contributed by atoms with Crippen molar-refractivity contribution in [2.24, 2.45) is 10.7 Å². The number of aliphatic imine (C=N–C) groups is 1. The number of pyridine rings is 1. The van der Waals surface area contributed by atoms with Gasteiger partial charge >= 0.3 is 0 Å². The van der Waals surface area contributed by atoms with Crippen molar-refractivity contribution in [1.29, 1.82) is 5.26 Å². The zero-order valence-corrected chi connectivity index (χ0v) is 19.1. The Morgan fingerprint density at radius 1 is 1.34 bits per heavy atom. The lowest BCUT2D eigenvalue weighted by atomic mass is 10.1. The molecule has 5 nitrogen and oxygen atoms in total. The molecular formula is C27H32N4O. The molecule has 1 aromatic heterocycles. The van der Waals surface area contributed by atoms with Gasteiger partial charge in [-0.2, -0.15) is 5.26 Å². The van der Waals surface area contributed by atoms with Crippen LogP contribution in [0, 0.1) is 18.3 Å². The molecule has 0 saturated heterocycles. The zero-order valence-electron chi connectivity index (χ0n) is 19.1. The maximum atomic E-state index is 9.38. The summed E-state index contributed by atoms with van der Waals surface area (Å²) in [7, 11) is 0. The maximum Gasteiger partial charge on any atom is 0.138 e. The normalized spacial score (nSPS) is 13.9. The third-order valence-corrected chi connectivity index (χ3v) is 5.38. The van der Waals surface area contributed by atoms with Gasteiger partial charge in [-0.05, 0) is 62.9 Å². The highest BCUT2D eigenvalue weighted by Gasteiger charge is 2.25. The van der Waals surface area contributed by atoms with E-state index < -0.39 is 0 Å². The second-order valence-electron chi connectivity index (χ2n) is 8.23. The first-order valence-electron chi connectivity index (χ1n) is 11.4. The number of nitrogens with two attached hydrogens (primary N) is 1. The number of aryl methyl sites for hydroxylation is 1. The number of benzene rings is 1. The van der Waals surface area contributed by atoms with Gasteiger partial charge < -0.3 is 10.5 Å². The molecule has 0 amide bonds. The van der Waals surface area contributed by atoms with E-state index in [1.807, 2.05) is 31.3 Å². The summed E-state index contributed by atoms with van der Waals surface area (Å²) in [6.07, 6.45) is 10.5. The van der Waals surface area contributed by atoms with E-state index in [0.717, 1.165) is 54.0 Å². The summed E-state index contributed by atoms with van der Waals surface area (Å²) >= 11 is 0. The molecule has 32 heavy (non-hydrogen) atoms. The summed E-state index contributed by atoms with van der Waals surface area (Å²) < 4.78 is 6.25. The smallest absolute Gasteiger partial charge is 0.138 e. The number of ether oxygens (including phenoxy) is 1. The van der Waals surface area contributed by atoms with Gasteiger partial charge in [-0.3, -0.25) is 9.98 Å². The molecule has 2 aromatic rings. The number of nitrogens with zero attached hydrogens (tertiary/aromatic N) is 3. The van der Waals surface area contributed by atoms with Gasteiger partial charge in [0.1, 0.15) is 11.5 Å². The molecule has 0 unspecified atom stereocenters. The van der Waals surface area contributed by atoms with Crippen molar-refractivity contribution in [3.05, 3.63) is 71.1 Å². The van der Waals surface area contributed by atoms with Crippen LogP contribution in [0.2, 0.25) is 0 Å². The fourth-order valence-electron chi connectivity index (χ4n) is 3.46. The van der Waals surface area contributed by atoms with Crippen LogP contribution in [0.1, 0.15) is 73.9 Å². The Labute approximate surface area is 191 Å². The van der Waals surface area contributed by atoms with E-state index in [9.17, 15) is 5.26 Å². The maximum absolute atomic E-state index is 9.38. The molecule has 1 aromatic carbocycles. The molecule has 1 aliphatic carbocycles. The lowest BCUT2D eigenvalue weighted by Crippen LogP contribution is -2.01. The van der Waals surface area contributed by atoms with Gasteiger partial charge in [0.15, 0.2) is 0 Å². The average Bonchev–Trinajstić information content (AvgIpc) is 3.62. The summed E-state index contributed by atoms with van der Waals surface area (Å²) in [4.78, 5) is 9.24. The molecule has 0 bridgehead atoms. The van der Waals surface area contributed by atoms with Crippen LogP contribution < -0.4 is 10.5 Å². The van der Waals surface area contributed by atoms with E-state index in [0.29, 0.717) is 29.5 Å². The molecule has 166 valence electrons. The predicted octanol–water partition coefficient (Wildman–Crippen LogP) is 6.44. The van der Waals surface area contributed by atoms with Gasteiger partial charge in [-0.25, -0.2) is 0 Å². The van der Waals surface area contributed by atoms with Crippen LogP contribution in [0.25, 0.3) is 5.70 Å². The first-order valence-corrected chi connectivity index (χ1v) is 11.4. The lowest BCUT2D eigenvalue weighted by molar-refractivity contribution is 0.478. The van der Waals surface area contributed by atoms with Crippen LogP contribution in [0.4, 0.5) is 0 Å². The molecule has 2 N–H and O–H groups in total. The minimum atomic E-state index is 0.525. The third-order valence-electron chi connectivity index (χ3n) is 5.38. The summed E-state index contributed by atoms with van der Waals surface area (Å²) in [5.74, 6) is 1.81. The highest BCUT2D eigenvalue weighted by molar-refractivity contribution is 5.85. The largest absolute Gasteiger partial charge is 0.456 e. The standard InChI is InChI=1S/C27H32N4O/c1-4-5-6-7-21(12-13-28)18-30-20(3)25-11-8-22(17-29)15-27(25)32-24-14-19(2)31-26(16-24)23-9-10-23/h7-8,11,14-16,18,23H,3-6,9-10,12-13,28H2,1-2H3/b21-7-,30-18-. The number of unbranched alkanes of at least 4 members (excludes halogenated alkanes) is 2. The monoisotopic (exact) mass is 428 g/mol. The first-order chi connectivity index (χ1) is 15.5. The van der Waals surface area contributed by atoms with Crippen molar-refractivity contribution in [3.8, 4) is 17.6 Å². The quantitative estimate of drug-likeness (QED) is 0.330. The van der Waals surface area contributed by atoms with E-state index >= 15 is 0 Å². The molecule has 0 spiro atoms. The molecule has 0 radical (unpaired) electrons. The molecule has 1 saturated carbocycles. The number of nitriles is 1. The molecule has 1 fully saturated rings. The van der Waals surface area contributed by atoms with Crippen LogP contribution in [0.15, 0.2) is 53.6 Å². The van der Waals surface area contributed by atoms with Gasteiger partial charge in [0, 0.05) is 41.2 Å². The lowest BCUT2D eigenvalue weighted by Gasteiger charge is -2.13. The van der Waals surface area contributed by atoms with Gasteiger partial charge in [0.25, 0.3) is 0 Å². The minimum Gasteiger partial charge on any atom is -0.456 e. The second-order valence-corrected chi connectivity index (χ2v) is 8.23. The van der Waals surface area contributed by atoms with E-state index in [4.69, 9.17) is 10.5 Å². The first kappa shape index (κ1) is 23.4. The Morgan fingerprint density at radius 3 is 2.84 bits per heavy atom. The summed E-state index contributed by atoms with van der Waals surface area (Å²) in [5, 5.41) is 9.38. The Bertz CT molecular complexity index is 1060. The number of aromatic nitrogens is 1.